The van der Waals surface area contributed by atoms with Crippen LogP contribution in [0.3, 0.4) is 0 Å². The van der Waals surface area contributed by atoms with Gasteiger partial charge in [0.25, 0.3) is 0 Å². The lowest BCUT2D eigenvalue weighted by atomic mass is 10.0. The number of halogens is 1. The third-order valence-corrected chi connectivity index (χ3v) is 5.10. The zero-order valence-corrected chi connectivity index (χ0v) is 14.1. The summed E-state index contributed by atoms with van der Waals surface area (Å²) in [6.45, 7) is 3.84. The molecule has 2 atom stereocenters. The summed E-state index contributed by atoms with van der Waals surface area (Å²) in [4.78, 5) is 10.8. The number of ether oxygens (including phenoxy) is 2. The molecule has 7 heteroatoms. The fourth-order valence-corrected chi connectivity index (χ4v) is 3.86. The van der Waals surface area contributed by atoms with Crippen LogP contribution in [0.5, 0.6) is 0 Å². The number of nitrogens with two attached hydrogens (primary N) is 1. The predicted octanol–water partition coefficient (Wildman–Crippen LogP) is 1.98. The fraction of sp³-hybridized carbons (Fsp3) is 0.917. The molecule has 1 aliphatic heterocycles. The van der Waals surface area contributed by atoms with E-state index in [0.29, 0.717) is 34.8 Å². The van der Waals surface area contributed by atoms with Crippen LogP contribution in [0.25, 0.3) is 0 Å². The van der Waals surface area contributed by atoms with Gasteiger partial charge in [0.05, 0.1) is 19.6 Å². The minimum atomic E-state index is -0.807. The van der Waals surface area contributed by atoms with Crippen molar-refractivity contribution >= 4 is 31.5 Å². The number of hydrogen-bond acceptors (Lipinski definition) is 4. The molecule has 5 nitrogen and oxygen atoms in total. The van der Waals surface area contributed by atoms with Crippen LogP contribution >= 0.6 is 25.6 Å². The third-order valence-electron chi connectivity index (χ3n) is 3.09. The van der Waals surface area contributed by atoms with Gasteiger partial charge in [0.2, 0.25) is 0 Å². The van der Waals surface area contributed by atoms with Gasteiger partial charge in [-0.25, -0.2) is 0 Å². The molecular weight excluding hydrogens is 333 g/mol. The zero-order chi connectivity index (χ0) is 13.4. The molecule has 0 amide bonds. The van der Waals surface area contributed by atoms with Crippen LogP contribution in [0, 0.1) is 0 Å². The quantitative estimate of drug-likeness (QED) is 0.616. The summed E-state index contributed by atoms with van der Waals surface area (Å²) in [6.07, 6.45) is 3.57. The lowest BCUT2D eigenvalue weighted by molar-refractivity contribution is -0.169. The van der Waals surface area contributed by atoms with Crippen molar-refractivity contribution in [2.45, 2.75) is 44.1 Å². The Labute approximate surface area is 127 Å². The highest BCUT2D eigenvalue weighted by Crippen LogP contribution is 2.40. The second-order valence-electron chi connectivity index (χ2n) is 4.49. The molecule has 0 aliphatic carbocycles. The van der Waals surface area contributed by atoms with Gasteiger partial charge in [0.15, 0.2) is 5.79 Å². The third kappa shape index (κ3) is 6.05. The van der Waals surface area contributed by atoms with Crippen LogP contribution in [-0.2, 0) is 14.3 Å². The molecule has 1 fully saturated rings. The van der Waals surface area contributed by atoms with Crippen molar-refractivity contribution in [1.82, 2.24) is 0 Å². The van der Waals surface area contributed by atoms with Gasteiger partial charge in [-0.1, -0.05) is 13.3 Å². The molecule has 1 heterocycles. The first-order chi connectivity index (χ1) is 8.64. The molecule has 1 aliphatic rings. The second kappa shape index (κ2) is 10.1. The first kappa shape index (κ1) is 19.3. The molecule has 0 aromatic heterocycles. The molecule has 0 aromatic carbocycles. The van der Waals surface area contributed by atoms with Crippen molar-refractivity contribution < 1.29 is 19.4 Å². The van der Waals surface area contributed by atoms with Crippen LogP contribution in [-0.4, -0.2) is 48.4 Å². The summed E-state index contributed by atoms with van der Waals surface area (Å²) in [5, 5.41) is 8.84. The Hall–Kier alpha value is 0.260. The molecule has 19 heavy (non-hydrogen) atoms. The summed E-state index contributed by atoms with van der Waals surface area (Å²) < 4.78 is 11.5. The van der Waals surface area contributed by atoms with Gasteiger partial charge in [-0.05, 0) is 19.1 Å². The Morgan fingerprint density at radius 3 is 2.58 bits per heavy atom. The van der Waals surface area contributed by atoms with Gasteiger partial charge in [-0.2, -0.15) is 0 Å². The highest BCUT2D eigenvalue weighted by Gasteiger charge is 2.43. The van der Waals surface area contributed by atoms with Gasteiger partial charge in [0.1, 0.15) is 0 Å². The monoisotopic (exact) mass is 357 g/mol. The van der Waals surface area contributed by atoms with Gasteiger partial charge < -0.3 is 20.3 Å². The van der Waals surface area contributed by atoms with Crippen LogP contribution in [0.1, 0.15) is 32.6 Å². The largest absolute Gasteiger partial charge is 0.481 e. The van der Waals surface area contributed by atoms with E-state index in [2.05, 4.69) is 6.92 Å². The molecule has 1 rings (SSSR count). The Morgan fingerprint density at radius 2 is 2.11 bits per heavy atom. The van der Waals surface area contributed by atoms with Crippen molar-refractivity contribution in [3.8, 4) is 0 Å². The number of carboxylic acids is 1. The van der Waals surface area contributed by atoms with Crippen LogP contribution in [0.15, 0.2) is 0 Å². The van der Waals surface area contributed by atoms with E-state index >= 15 is 0 Å². The Kier molecular flexibility index (Phi) is 10.2. The highest BCUT2D eigenvalue weighted by atomic mass is 79.9. The summed E-state index contributed by atoms with van der Waals surface area (Å²) in [5.41, 5.74) is 5.89. The minimum Gasteiger partial charge on any atom is -0.481 e. The molecule has 3 N–H and O–H groups in total. The fourth-order valence-electron chi connectivity index (χ4n) is 2.23. The van der Waals surface area contributed by atoms with Crippen molar-refractivity contribution in [1.29, 1.82) is 0 Å². The van der Waals surface area contributed by atoms with E-state index in [-0.39, 0.29) is 29.1 Å². The zero-order valence-electron chi connectivity index (χ0n) is 11.4. The molecule has 114 valence electrons. The van der Waals surface area contributed by atoms with Gasteiger partial charge >= 0.3 is 5.97 Å². The standard InChI is InChI=1S/C12H24NO4P.BrH/c1-2-9-18-10(4-6-13)12(5-3-11(14)15)16-7-8-17-12;/h10,18H,2-9,13H2,1H3,(H,14,15);1H. The molecule has 0 bridgehead atoms. The van der Waals surface area contributed by atoms with Crippen molar-refractivity contribution in [2.75, 3.05) is 25.9 Å². The average molecular weight is 358 g/mol. The van der Waals surface area contributed by atoms with Crippen molar-refractivity contribution in [2.24, 2.45) is 5.73 Å². The van der Waals surface area contributed by atoms with Crippen LogP contribution < -0.4 is 5.73 Å². The van der Waals surface area contributed by atoms with E-state index in [0.717, 1.165) is 19.0 Å². The molecule has 1 saturated heterocycles. The predicted molar refractivity (Wildman–Crippen MR) is 82.8 cm³/mol. The smallest absolute Gasteiger partial charge is 0.303 e. The Bertz CT molecular complexity index is 262. The molecular formula is C12H25BrNO4P. The van der Waals surface area contributed by atoms with E-state index < -0.39 is 11.8 Å². The Balaban J connectivity index is 0.00000324. The summed E-state index contributed by atoms with van der Waals surface area (Å²) in [6, 6.07) is 0. The SMILES string of the molecule is Br.CCCPC(CCN)C1(CCC(=O)O)OCCO1. The molecule has 0 saturated carbocycles. The van der Waals surface area contributed by atoms with E-state index in [4.69, 9.17) is 20.3 Å². The highest BCUT2D eigenvalue weighted by molar-refractivity contribution is 8.93. The average Bonchev–Trinajstić information content (AvgIpc) is 2.82. The minimum absolute atomic E-state index is 0. The van der Waals surface area contributed by atoms with Gasteiger partial charge in [-0.3, -0.25) is 4.79 Å². The topological polar surface area (TPSA) is 81.8 Å². The second-order valence-corrected chi connectivity index (χ2v) is 6.09. The van der Waals surface area contributed by atoms with Crippen LogP contribution in [0.2, 0.25) is 0 Å². The number of carbonyl (C=O) groups is 1. The first-order valence-corrected chi connectivity index (χ1v) is 7.86. The number of hydrogen-bond donors (Lipinski definition) is 2. The maximum Gasteiger partial charge on any atom is 0.303 e. The number of rotatable bonds is 9. The first-order valence-electron chi connectivity index (χ1n) is 6.57. The summed E-state index contributed by atoms with van der Waals surface area (Å²) in [7, 11) is 0.716. The van der Waals surface area contributed by atoms with E-state index in [1.54, 1.807) is 0 Å². The lowest BCUT2D eigenvalue weighted by Crippen LogP contribution is -2.42. The van der Waals surface area contributed by atoms with E-state index in [9.17, 15) is 4.79 Å². The number of carboxylic acid groups (broad SMARTS) is 1. The van der Waals surface area contributed by atoms with Crippen LogP contribution in [0.4, 0.5) is 0 Å². The molecule has 0 aromatic rings. The van der Waals surface area contributed by atoms with Crippen molar-refractivity contribution in [3.63, 3.8) is 0 Å². The van der Waals surface area contributed by atoms with Crippen molar-refractivity contribution in [3.05, 3.63) is 0 Å². The van der Waals surface area contributed by atoms with Gasteiger partial charge in [0, 0.05) is 12.1 Å². The van der Waals surface area contributed by atoms with Gasteiger partial charge in [-0.15, -0.1) is 25.6 Å². The van der Waals surface area contributed by atoms with E-state index in [1.807, 2.05) is 0 Å². The summed E-state index contributed by atoms with van der Waals surface area (Å²) in [5.74, 6) is -1.51. The maximum absolute atomic E-state index is 10.8. The normalized spacial score (nSPS) is 19.5. The Morgan fingerprint density at radius 1 is 1.47 bits per heavy atom. The summed E-state index contributed by atoms with van der Waals surface area (Å²) >= 11 is 0. The van der Waals surface area contributed by atoms with E-state index in [1.165, 1.54) is 0 Å². The maximum atomic E-state index is 10.8. The number of aliphatic carboxylic acids is 1. The molecule has 2 unspecified atom stereocenters. The molecule has 0 spiro atoms. The molecule has 0 radical (unpaired) electrons. The lowest BCUT2D eigenvalue weighted by Gasteiger charge is -2.35.